The maximum Gasteiger partial charge on any atom is 0.283 e. The topological polar surface area (TPSA) is 46.9 Å². The molecule has 4 nitrogen and oxygen atoms in total. The molecule has 2 atom stereocenters. The second kappa shape index (κ2) is 4.41. The van der Waals surface area contributed by atoms with Crippen LogP contribution in [0, 0.1) is 5.92 Å². The van der Waals surface area contributed by atoms with E-state index in [1.165, 1.54) is 4.68 Å². The highest BCUT2D eigenvalue weighted by molar-refractivity contribution is 9.10. The summed E-state index contributed by atoms with van der Waals surface area (Å²) in [6.45, 7) is 6.19. The van der Waals surface area contributed by atoms with Crippen LogP contribution in [0.2, 0.25) is 0 Å². The molecule has 1 fully saturated rings. The van der Waals surface area contributed by atoms with Crippen molar-refractivity contribution < 1.29 is 0 Å². The average molecular weight is 284 g/mol. The van der Waals surface area contributed by atoms with Crippen molar-refractivity contribution in [3.63, 3.8) is 0 Å². The smallest absolute Gasteiger partial charge is 0.283 e. The van der Waals surface area contributed by atoms with Crippen LogP contribution in [-0.2, 0) is 6.54 Å². The maximum absolute atomic E-state index is 11.8. The molecule has 0 radical (unpaired) electrons. The number of nitrogens with zero attached hydrogens (tertiary/aromatic N) is 2. The molecule has 5 heteroatoms. The number of anilines is 1. The summed E-state index contributed by atoms with van der Waals surface area (Å²) in [6, 6.07) is 0.479. The van der Waals surface area contributed by atoms with Crippen LogP contribution in [0.3, 0.4) is 0 Å². The van der Waals surface area contributed by atoms with Crippen LogP contribution in [0.1, 0.15) is 13.3 Å². The standard InChI is InChI=1S/C11H14BrN3O/c1-3-4-15-11(16)10(12)9(6-13-15)14-8-5-7(8)2/h3,6-8,14H,1,4-5H2,2H3. The lowest BCUT2D eigenvalue weighted by Gasteiger charge is -2.08. The van der Waals surface area contributed by atoms with E-state index >= 15 is 0 Å². The highest BCUT2D eigenvalue weighted by Crippen LogP contribution is 2.33. The van der Waals surface area contributed by atoms with Crippen LogP contribution in [0.4, 0.5) is 5.69 Å². The summed E-state index contributed by atoms with van der Waals surface area (Å²) in [5.41, 5.74) is 0.651. The number of hydrogen-bond acceptors (Lipinski definition) is 3. The first-order chi connectivity index (χ1) is 7.63. The molecule has 0 saturated heterocycles. The molecule has 1 N–H and O–H groups in total. The van der Waals surface area contributed by atoms with Crippen molar-refractivity contribution in [3.8, 4) is 0 Å². The second-order valence-corrected chi connectivity index (χ2v) is 4.90. The number of aromatic nitrogens is 2. The van der Waals surface area contributed by atoms with Crippen LogP contribution >= 0.6 is 15.9 Å². The number of halogens is 1. The van der Waals surface area contributed by atoms with Crippen molar-refractivity contribution in [2.75, 3.05) is 5.32 Å². The molecule has 1 heterocycles. The van der Waals surface area contributed by atoms with Crippen molar-refractivity contribution in [2.24, 2.45) is 5.92 Å². The predicted molar refractivity (Wildman–Crippen MR) is 67.6 cm³/mol. The third kappa shape index (κ3) is 2.19. The molecule has 0 bridgehead atoms. The van der Waals surface area contributed by atoms with Gasteiger partial charge in [0.25, 0.3) is 5.56 Å². The van der Waals surface area contributed by atoms with Crippen molar-refractivity contribution in [3.05, 3.63) is 33.7 Å². The van der Waals surface area contributed by atoms with E-state index in [0.717, 1.165) is 12.1 Å². The second-order valence-electron chi connectivity index (χ2n) is 4.11. The molecule has 0 amide bonds. The Kier molecular flexibility index (Phi) is 3.14. The number of rotatable bonds is 4. The zero-order chi connectivity index (χ0) is 11.7. The van der Waals surface area contributed by atoms with Crippen LogP contribution < -0.4 is 10.9 Å². The molecule has 2 rings (SSSR count). The fraction of sp³-hybridized carbons (Fsp3) is 0.455. The molecule has 1 aliphatic carbocycles. The van der Waals surface area contributed by atoms with E-state index in [-0.39, 0.29) is 5.56 Å². The SMILES string of the molecule is C=CCn1ncc(NC2CC2C)c(Br)c1=O. The summed E-state index contributed by atoms with van der Waals surface area (Å²) < 4.78 is 1.92. The minimum Gasteiger partial charge on any atom is -0.380 e. The Morgan fingerprint density at radius 3 is 3.06 bits per heavy atom. The fourth-order valence-electron chi connectivity index (χ4n) is 1.54. The van der Waals surface area contributed by atoms with Gasteiger partial charge in [-0.25, -0.2) is 4.68 Å². The third-order valence-corrected chi connectivity index (χ3v) is 3.50. The molecule has 0 aromatic carbocycles. The Bertz CT molecular complexity index is 469. The van der Waals surface area contributed by atoms with Gasteiger partial charge in [-0.3, -0.25) is 4.79 Å². The first kappa shape index (κ1) is 11.4. The van der Waals surface area contributed by atoms with Crippen LogP contribution in [0.25, 0.3) is 0 Å². The molecule has 2 unspecified atom stereocenters. The van der Waals surface area contributed by atoms with Gasteiger partial charge in [0.2, 0.25) is 0 Å². The minimum absolute atomic E-state index is 0.127. The zero-order valence-electron chi connectivity index (χ0n) is 9.11. The zero-order valence-corrected chi connectivity index (χ0v) is 10.7. The van der Waals surface area contributed by atoms with Crippen molar-refractivity contribution in [1.82, 2.24) is 9.78 Å². The van der Waals surface area contributed by atoms with E-state index in [9.17, 15) is 4.79 Å². The minimum atomic E-state index is -0.127. The van der Waals surface area contributed by atoms with Gasteiger partial charge in [-0.15, -0.1) is 6.58 Å². The lowest BCUT2D eigenvalue weighted by molar-refractivity contribution is 0.648. The Hall–Kier alpha value is -1.10. The van der Waals surface area contributed by atoms with E-state index in [4.69, 9.17) is 0 Å². The normalized spacial score (nSPS) is 22.9. The Balaban J connectivity index is 2.24. The molecular formula is C11H14BrN3O. The van der Waals surface area contributed by atoms with Crippen LogP contribution in [0.5, 0.6) is 0 Å². The predicted octanol–water partition coefficient (Wildman–Crippen LogP) is 2.01. The highest BCUT2D eigenvalue weighted by Gasteiger charge is 2.33. The van der Waals surface area contributed by atoms with E-state index in [2.05, 4.69) is 39.8 Å². The van der Waals surface area contributed by atoms with Crippen LogP contribution in [-0.4, -0.2) is 15.8 Å². The van der Waals surface area contributed by atoms with Crippen molar-refractivity contribution >= 4 is 21.6 Å². The van der Waals surface area contributed by atoms with Gasteiger partial charge in [0.05, 0.1) is 18.4 Å². The van der Waals surface area contributed by atoms with Gasteiger partial charge in [-0.1, -0.05) is 13.0 Å². The Morgan fingerprint density at radius 2 is 2.50 bits per heavy atom. The lowest BCUT2D eigenvalue weighted by atomic mass is 10.4. The van der Waals surface area contributed by atoms with Gasteiger partial charge < -0.3 is 5.32 Å². The summed E-state index contributed by atoms with van der Waals surface area (Å²) >= 11 is 3.31. The molecule has 16 heavy (non-hydrogen) atoms. The summed E-state index contributed by atoms with van der Waals surface area (Å²) in [5, 5.41) is 7.37. The molecule has 86 valence electrons. The van der Waals surface area contributed by atoms with E-state index in [1.54, 1.807) is 12.3 Å². The molecule has 0 aliphatic heterocycles. The van der Waals surface area contributed by atoms with Gasteiger partial charge in [-0.05, 0) is 28.3 Å². The third-order valence-electron chi connectivity index (χ3n) is 2.74. The van der Waals surface area contributed by atoms with Crippen molar-refractivity contribution in [2.45, 2.75) is 25.9 Å². The quantitative estimate of drug-likeness (QED) is 0.860. The van der Waals surface area contributed by atoms with E-state index < -0.39 is 0 Å². The van der Waals surface area contributed by atoms with Gasteiger partial charge >= 0.3 is 0 Å². The summed E-state index contributed by atoms with van der Waals surface area (Å²) in [7, 11) is 0. The Morgan fingerprint density at radius 1 is 1.81 bits per heavy atom. The van der Waals surface area contributed by atoms with E-state index in [0.29, 0.717) is 23.0 Å². The lowest BCUT2D eigenvalue weighted by Crippen LogP contribution is -2.24. The monoisotopic (exact) mass is 283 g/mol. The fourth-order valence-corrected chi connectivity index (χ4v) is 1.96. The number of nitrogens with one attached hydrogen (secondary N) is 1. The highest BCUT2D eigenvalue weighted by atomic mass is 79.9. The number of hydrogen-bond donors (Lipinski definition) is 1. The maximum atomic E-state index is 11.8. The molecule has 1 aliphatic rings. The molecule has 0 spiro atoms. The summed E-state index contributed by atoms with van der Waals surface area (Å²) in [5.74, 6) is 0.683. The molecule has 1 aromatic heterocycles. The first-order valence-corrected chi connectivity index (χ1v) is 6.06. The van der Waals surface area contributed by atoms with E-state index in [1.807, 2.05) is 0 Å². The van der Waals surface area contributed by atoms with Crippen molar-refractivity contribution in [1.29, 1.82) is 0 Å². The molecular weight excluding hydrogens is 270 g/mol. The van der Waals surface area contributed by atoms with Crippen LogP contribution in [0.15, 0.2) is 28.1 Å². The first-order valence-electron chi connectivity index (χ1n) is 5.26. The van der Waals surface area contributed by atoms with Gasteiger partial charge in [0.15, 0.2) is 0 Å². The largest absolute Gasteiger partial charge is 0.380 e. The molecule has 1 aromatic rings. The van der Waals surface area contributed by atoms with Gasteiger partial charge in [-0.2, -0.15) is 5.10 Å². The Labute approximate surface area is 102 Å². The van der Waals surface area contributed by atoms with Gasteiger partial charge in [0, 0.05) is 6.04 Å². The summed E-state index contributed by atoms with van der Waals surface area (Å²) in [6.07, 6.45) is 4.49. The number of allylic oxidation sites excluding steroid dienone is 1. The average Bonchev–Trinajstić information content (AvgIpc) is 2.94. The molecule has 1 saturated carbocycles. The van der Waals surface area contributed by atoms with Gasteiger partial charge in [0.1, 0.15) is 4.47 Å². The summed E-state index contributed by atoms with van der Waals surface area (Å²) in [4.78, 5) is 11.8.